The van der Waals surface area contributed by atoms with E-state index in [1.807, 2.05) is 50.4 Å². The number of aromatic nitrogens is 4. The van der Waals surface area contributed by atoms with Crippen LogP contribution in [0.3, 0.4) is 0 Å². The molecule has 0 unspecified atom stereocenters. The van der Waals surface area contributed by atoms with Crippen LogP contribution in [0.2, 0.25) is 0 Å². The van der Waals surface area contributed by atoms with Crippen molar-refractivity contribution in [1.82, 2.24) is 19.7 Å². The first kappa shape index (κ1) is 17.0. The van der Waals surface area contributed by atoms with Crippen molar-refractivity contribution in [1.29, 1.82) is 0 Å². The first-order chi connectivity index (χ1) is 13.1. The monoisotopic (exact) mass is 361 g/mol. The van der Waals surface area contributed by atoms with E-state index in [0.29, 0.717) is 23.8 Å². The number of nitrogens with one attached hydrogen (secondary N) is 1. The van der Waals surface area contributed by atoms with Crippen molar-refractivity contribution in [3.05, 3.63) is 60.4 Å². The summed E-state index contributed by atoms with van der Waals surface area (Å²) in [5.74, 6) is 1.13. The molecule has 7 nitrogen and oxygen atoms in total. The molecule has 7 heteroatoms. The Kier molecular flexibility index (Phi) is 4.42. The topological polar surface area (TPSA) is 85.8 Å². The molecule has 0 fully saturated rings. The van der Waals surface area contributed by atoms with Gasteiger partial charge in [0.2, 0.25) is 5.91 Å². The fourth-order valence-electron chi connectivity index (χ4n) is 2.98. The zero-order chi connectivity index (χ0) is 18.8. The molecule has 0 saturated carbocycles. The number of amides is 1. The molecule has 136 valence electrons. The highest BCUT2D eigenvalue weighted by Gasteiger charge is 2.11. The summed E-state index contributed by atoms with van der Waals surface area (Å²) in [6.07, 6.45) is 4.03. The summed E-state index contributed by atoms with van der Waals surface area (Å²) < 4.78 is 7.46. The van der Waals surface area contributed by atoms with Crippen LogP contribution in [0.15, 0.2) is 53.2 Å². The molecule has 0 saturated heterocycles. The summed E-state index contributed by atoms with van der Waals surface area (Å²) in [6, 6.07) is 11.6. The maximum atomic E-state index is 12.3. The number of anilines is 1. The predicted octanol–water partition coefficient (Wildman–Crippen LogP) is 3.50. The Morgan fingerprint density at radius 2 is 2.00 bits per heavy atom. The van der Waals surface area contributed by atoms with Gasteiger partial charge >= 0.3 is 0 Å². The van der Waals surface area contributed by atoms with E-state index in [2.05, 4.69) is 20.4 Å². The van der Waals surface area contributed by atoms with Crippen LogP contribution in [0.5, 0.6) is 0 Å². The molecule has 0 aliphatic heterocycles. The zero-order valence-electron chi connectivity index (χ0n) is 15.1. The summed E-state index contributed by atoms with van der Waals surface area (Å²) >= 11 is 0. The van der Waals surface area contributed by atoms with Crippen LogP contribution >= 0.6 is 0 Å². The fraction of sp³-hybridized carbons (Fsp3) is 0.200. The molecule has 1 amide bonds. The lowest BCUT2D eigenvalue weighted by atomic mass is 10.2. The highest BCUT2D eigenvalue weighted by Crippen LogP contribution is 2.21. The lowest BCUT2D eigenvalue weighted by Gasteiger charge is -2.04. The summed E-state index contributed by atoms with van der Waals surface area (Å²) in [5.41, 5.74) is 3.29. The smallest absolute Gasteiger partial charge is 0.224 e. The Balaban J connectivity index is 1.39. The highest BCUT2D eigenvalue weighted by atomic mass is 16.4. The van der Waals surface area contributed by atoms with Gasteiger partial charge in [-0.05, 0) is 13.0 Å². The first-order valence-electron chi connectivity index (χ1n) is 8.69. The molecule has 1 N–H and O–H groups in total. The molecule has 4 aromatic rings. The van der Waals surface area contributed by atoms with Gasteiger partial charge in [-0.3, -0.25) is 9.48 Å². The van der Waals surface area contributed by atoms with Gasteiger partial charge in [-0.1, -0.05) is 30.3 Å². The van der Waals surface area contributed by atoms with Crippen LogP contribution in [0, 0.1) is 6.92 Å². The van der Waals surface area contributed by atoms with E-state index in [1.54, 1.807) is 17.1 Å². The second-order valence-electron chi connectivity index (χ2n) is 6.34. The van der Waals surface area contributed by atoms with Gasteiger partial charge in [0, 0.05) is 30.8 Å². The second-order valence-corrected chi connectivity index (χ2v) is 6.34. The number of carbonyl (C=O) groups excluding carboxylic acids is 1. The quantitative estimate of drug-likeness (QED) is 0.588. The van der Waals surface area contributed by atoms with Gasteiger partial charge < -0.3 is 9.73 Å². The van der Waals surface area contributed by atoms with E-state index < -0.39 is 0 Å². The van der Waals surface area contributed by atoms with Crippen molar-refractivity contribution in [2.24, 2.45) is 7.05 Å². The Bertz CT molecular complexity index is 1100. The van der Waals surface area contributed by atoms with Crippen LogP contribution in [-0.2, 0) is 18.3 Å². The lowest BCUT2D eigenvalue weighted by Crippen LogP contribution is -2.12. The van der Waals surface area contributed by atoms with Gasteiger partial charge in [-0.25, -0.2) is 9.97 Å². The van der Waals surface area contributed by atoms with Gasteiger partial charge in [-0.15, -0.1) is 0 Å². The van der Waals surface area contributed by atoms with E-state index in [0.717, 1.165) is 22.3 Å². The minimum atomic E-state index is -0.114. The minimum Gasteiger partial charge on any atom is -0.441 e. The largest absolute Gasteiger partial charge is 0.441 e. The van der Waals surface area contributed by atoms with E-state index in [4.69, 9.17) is 4.42 Å². The Hall–Kier alpha value is -3.48. The van der Waals surface area contributed by atoms with Crippen molar-refractivity contribution in [3.8, 4) is 11.3 Å². The SMILES string of the molecule is Cc1nn(C)c2ncc(NC(=O)CCc3ncc(-c4ccccc4)o3)cc12. The van der Waals surface area contributed by atoms with E-state index in [1.165, 1.54) is 0 Å². The second kappa shape index (κ2) is 7.03. The molecule has 0 aliphatic carbocycles. The Morgan fingerprint density at radius 3 is 2.81 bits per heavy atom. The van der Waals surface area contributed by atoms with Crippen LogP contribution in [0.25, 0.3) is 22.4 Å². The standard InChI is InChI=1S/C20H19N5O2/c1-13-16-10-15(11-22-20(16)25(2)24-13)23-18(26)8-9-19-21-12-17(27-19)14-6-4-3-5-7-14/h3-7,10-12H,8-9H2,1-2H3,(H,23,26). The number of pyridine rings is 1. The maximum Gasteiger partial charge on any atom is 0.224 e. The van der Waals surface area contributed by atoms with E-state index in [9.17, 15) is 4.79 Å². The third-order valence-corrected chi connectivity index (χ3v) is 4.32. The molecule has 1 aromatic carbocycles. The summed E-state index contributed by atoms with van der Waals surface area (Å²) in [4.78, 5) is 20.9. The highest BCUT2D eigenvalue weighted by molar-refractivity contribution is 5.93. The number of oxazole rings is 1. The normalized spacial score (nSPS) is 11.0. The molecule has 4 rings (SSSR count). The van der Waals surface area contributed by atoms with Gasteiger partial charge in [0.05, 0.1) is 23.8 Å². The first-order valence-corrected chi connectivity index (χ1v) is 8.69. The van der Waals surface area contributed by atoms with Crippen LogP contribution in [0.4, 0.5) is 5.69 Å². The van der Waals surface area contributed by atoms with Crippen molar-refractivity contribution < 1.29 is 9.21 Å². The minimum absolute atomic E-state index is 0.114. The van der Waals surface area contributed by atoms with Gasteiger partial charge in [0.1, 0.15) is 0 Å². The third kappa shape index (κ3) is 3.57. The van der Waals surface area contributed by atoms with Crippen molar-refractivity contribution >= 4 is 22.6 Å². The molecule has 0 atom stereocenters. The van der Waals surface area contributed by atoms with E-state index in [-0.39, 0.29) is 12.3 Å². The fourth-order valence-corrected chi connectivity index (χ4v) is 2.98. The molecule has 0 radical (unpaired) electrons. The van der Waals surface area contributed by atoms with Crippen LogP contribution < -0.4 is 5.32 Å². The maximum absolute atomic E-state index is 12.3. The van der Waals surface area contributed by atoms with Crippen molar-refractivity contribution in [2.75, 3.05) is 5.32 Å². The van der Waals surface area contributed by atoms with E-state index >= 15 is 0 Å². The zero-order valence-corrected chi connectivity index (χ0v) is 15.1. The van der Waals surface area contributed by atoms with Crippen molar-refractivity contribution in [2.45, 2.75) is 19.8 Å². The number of aryl methyl sites for hydroxylation is 3. The Morgan fingerprint density at radius 1 is 1.19 bits per heavy atom. The predicted molar refractivity (Wildman–Crippen MR) is 102 cm³/mol. The number of nitrogens with zero attached hydrogens (tertiary/aromatic N) is 4. The molecule has 3 aromatic heterocycles. The average Bonchev–Trinajstić information content (AvgIpc) is 3.26. The number of hydrogen-bond acceptors (Lipinski definition) is 5. The summed E-state index contributed by atoms with van der Waals surface area (Å²) in [6.45, 7) is 1.92. The molecule has 3 heterocycles. The van der Waals surface area contributed by atoms with Gasteiger partial charge in [-0.2, -0.15) is 5.10 Å². The number of rotatable bonds is 5. The summed E-state index contributed by atoms with van der Waals surface area (Å²) in [7, 11) is 1.85. The van der Waals surface area contributed by atoms with Gasteiger partial charge in [0.15, 0.2) is 17.3 Å². The number of carbonyl (C=O) groups is 1. The molecule has 27 heavy (non-hydrogen) atoms. The van der Waals surface area contributed by atoms with Crippen molar-refractivity contribution in [3.63, 3.8) is 0 Å². The summed E-state index contributed by atoms with van der Waals surface area (Å²) in [5, 5.41) is 8.13. The molecule has 0 bridgehead atoms. The number of hydrogen-bond donors (Lipinski definition) is 1. The van der Waals surface area contributed by atoms with Gasteiger partial charge in [0.25, 0.3) is 0 Å². The third-order valence-electron chi connectivity index (χ3n) is 4.32. The number of fused-ring (bicyclic) bond motifs is 1. The average molecular weight is 361 g/mol. The Labute approximate surface area is 156 Å². The molecule has 0 spiro atoms. The van der Waals surface area contributed by atoms with Crippen LogP contribution in [-0.4, -0.2) is 25.7 Å². The lowest BCUT2D eigenvalue weighted by molar-refractivity contribution is -0.116. The molecular formula is C20H19N5O2. The molecular weight excluding hydrogens is 342 g/mol. The molecule has 0 aliphatic rings. The van der Waals surface area contributed by atoms with Crippen LogP contribution in [0.1, 0.15) is 18.0 Å². The number of benzene rings is 1.